The van der Waals surface area contributed by atoms with Crippen molar-refractivity contribution in [1.82, 2.24) is 20.2 Å². The molecule has 0 radical (unpaired) electrons. The molecule has 0 aliphatic rings. The molecule has 0 saturated heterocycles. The second-order valence-corrected chi connectivity index (χ2v) is 8.13. The maximum Gasteiger partial charge on any atom is 1.00 e. The molecule has 0 aliphatic carbocycles. The van der Waals surface area contributed by atoms with Gasteiger partial charge < -0.3 is 32.7 Å². The van der Waals surface area contributed by atoms with E-state index in [1.165, 1.54) is 21.5 Å². The summed E-state index contributed by atoms with van der Waals surface area (Å²) < 4.78 is 1.52. The molecular formula is C23H28N6Na2O2S. The molecule has 1 heterocycles. The van der Waals surface area contributed by atoms with E-state index in [4.69, 9.17) is 12.6 Å². The van der Waals surface area contributed by atoms with E-state index < -0.39 is 5.97 Å². The van der Waals surface area contributed by atoms with E-state index in [1.807, 2.05) is 24.3 Å². The number of para-hydroxylation sites is 1. The van der Waals surface area contributed by atoms with Crippen molar-refractivity contribution < 1.29 is 69.0 Å². The summed E-state index contributed by atoms with van der Waals surface area (Å²) in [6.07, 6.45) is 2.46. The standard InChI is InChI=1S/C23H30N6O2S.2Na/c1-17-8-5-9-18(2)22(17)28(14-4-3-12-21(30)31)15-7-13-24-19-10-6-11-20(16-19)29-23(32)25-26-27-29;;/h5-6,8-11,16,24H,3-4,7,12-15H2,1-2H3,(H,30,31)(H,25,27,32);;/q;2*+1/p-2. The van der Waals surface area contributed by atoms with Gasteiger partial charge in [-0.3, -0.25) is 0 Å². The van der Waals surface area contributed by atoms with Crippen LogP contribution >= 0.6 is 0 Å². The minimum Gasteiger partial charge on any atom is -0.738 e. The van der Waals surface area contributed by atoms with Crippen LogP contribution in [0.4, 0.5) is 11.4 Å². The predicted molar refractivity (Wildman–Crippen MR) is 125 cm³/mol. The van der Waals surface area contributed by atoms with Crippen molar-refractivity contribution in [1.29, 1.82) is 0 Å². The van der Waals surface area contributed by atoms with E-state index in [-0.39, 0.29) is 65.5 Å². The number of aliphatic carboxylic acids is 1. The maximum atomic E-state index is 10.7. The van der Waals surface area contributed by atoms with Crippen molar-refractivity contribution in [3.05, 3.63) is 53.6 Å². The van der Waals surface area contributed by atoms with Gasteiger partial charge in [-0.05, 0) is 79.3 Å². The van der Waals surface area contributed by atoms with Gasteiger partial charge in [-0.25, -0.2) is 4.68 Å². The molecule has 8 nitrogen and oxygen atoms in total. The zero-order valence-corrected chi connectivity index (χ0v) is 25.3. The van der Waals surface area contributed by atoms with Crippen LogP contribution in [0.1, 0.15) is 36.8 Å². The molecule has 1 aromatic heterocycles. The molecule has 11 heteroatoms. The Hall–Kier alpha value is -1.20. The van der Waals surface area contributed by atoms with Gasteiger partial charge in [0.15, 0.2) is 0 Å². The molecule has 34 heavy (non-hydrogen) atoms. The SMILES string of the molecule is Cc1cccc(C)c1N(CCCCC(=O)[O-])CCCNc1cccc(-n2nnnc2[S-])c1.[Na+].[Na+]. The maximum absolute atomic E-state index is 10.7. The van der Waals surface area contributed by atoms with Gasteiger partial charge in [0, 0.05) is 42.1 Å². The van der Waals surface area contributed by atoms with Gasteiger partial charge in [0.05, 0.1) is 5.69 Å². The molecule has 0 amide bonds. The molecule has 0 bridgehead atoms. The van der Waals surface area contributed by atoms with E-state index in [0.29, 0.717) is 11.6 Å². The summed E-state index contributed by atoms with van der Waals surface area (Å²) in [5.41, 5.74) is 5.48. The third-order valence-electron chi connectivity index (χ3n) is 5.28. The van der Waals surface area contributed by atoms with Crippen LogP contribution < -0.4 is 74.4 Å². The normalized spacial score (nSPS) is 10.2. The van der Waals surface area contributed by atoms with Crippen molar-refractivity contribution in [2.24, 2.45) is 0 Å². The van der Waals surface area contributed by atoms with E-state index in [9.17, 15) is 9.90 Å². The van der Waals surface area contributed by atoms with Crippen LogP contribution in [0.5, 0.6) is 0 Å². The summed E-state index contributed by atoms with van der Waals surface area (Å²) in [7, 11) is 0. The number of tetrazole rings is 1. The van der Waals surface area contributed by atoms with E-state index in [1.54, 1.807) is 0 Å². The molecule has 2 aromatic carbocycles. The second kappa shape index (κ2) is 15.7. The molecule has 0 unspecified atom stereocenters. The average Bonchev–Trinajstić information content (AvgIpc) is 3.19. The zero-order valence-electron chi connectivity index (χ0n) is 20.5. The Morgan fingerprint density at radius 3 is 2.38 bits per heavy atom. The average molecular weight is 499 g/mol. The molecule has 0 saturated carbocycles. The predicted octanol–water partition coefficient (Wildman–Crippen LogP) is -3.58. The third kappa shape index (κ3) is 9.11. The Balaban J connectivity index is 0.00000289. The van der Waals surface area contributed by atoms with E-state index >= 15 is 0 Å². The Morgan fingerprint density at radius 2 is 1.74 bits per heavy atom. The summed E-state index contributed by atoms with van der Waals surface area (Å²) in [4.78, 5) is 13.1. The summed E-state index contributed by atoms with van der Waals surface area (Å²) in [5, 5.41) is 25.8. The molecule has 3 aromatic rings. The van der Waals surface area contributed by atoms with Crippen molar-refractivity contribution in [3.63, 3.8) is 0 Å². The van der Waals surface area contributed by atoms with Crippen molar-refractivity contribution in [2.45, 2.75) is 44.7 Å². The van der Waals surface area contributed by atoms with Crippen molar-refractivity contribution in [3.8, 4) is 5.69 Å². The molecule has 0 fully saturated rings. The Labute approximate surface area is 250 Å². The number of rotatable bonds is 12. The first-order valence-electron chi connectivity index (χ1n) is 10.8. The van der Waals surface area contributed by atoms with E-state index in [0.717, 1.165) is 43.9 Å². The zero-order chi connectivity index (χ0) is 22.9. The van der Waals surface area contributed by atoms with Crippen LogP contribution in [-0.4, -0.2) is 45.8 Å². The summed E-state index contributed by atoms with van der Waals surface area (Å²) in [5.74, 6) is -0.986. The molecule has 0 atom stereocenters. The largest absolute Gasteiger partial charge is 1.00 e. The van der Waals surface area contributed by atoms with Crippen molar-refractivity contribution in [2.75, 3.05) is 29.9 Å². The van der Waals surface area contributed by atoms with Crippen LogP contribution in [0.15, 0.2) is 47.6 Å². The molecule has 170 valence electrons. The Morgan fingerprint density at radius 1 is 1.06 bits per heavy atom. The number of carboxylic acids is 1. The number of hydrogen-bond donors (Lipinski definition) is 1. The number of carbonyl (C=O) groups is 1. The van der Waals surface area contributed by atoms with E-state index in [2.05, 4.69) is 57.8 Å². The number of carbonyl (C=O) groups excluding carboxylic acids is 1. The quantitative estimate of drug-likeness (QED) is 0.156. The number of aryl methyl sites for hydroxylation is 2. The molecular weight excluding hydrogens is 470 g/mol. The van der Waals surface area contributed by atoms with Gasteiger partial charge in [0.1, 0.15) is 0 Å². The molecule has 0 aliphatic heterocycles. The molecule has 0 spiro atoms. The van der Waals surface area contributed by atoms with Gasteiger partial charge in [-0.1, -0.05) is 24.3 Å². The van der Waals surface area contributed by atoms with Crippen LogP contribution in [0.3, 0.4) is 0 Å². The number of benzene rings is 2. The summed E-state index contributed by atoms with van der Waals surface area (Å²) >= 11 is 5.14. The fourth-order valence-corrected chi connectivity index (χ4v) is 3.98. The number of nitrogens with zero attached hydrogens (tertiary/aromatic N) is 5. The van der Waals surface area contributed by atoms with Crippen LogP contribution in [-0.2, 0) is 17.4 Å². The summed E-state index contributed by atoms with van der Waals surface area (Å²) in [6, 6.07) is 14.1. The number of nitrogens with one attached hydrogen (secondary N) is 1. The first kappa shape index (κ1) is 30.8. The molecule has 1 N–H and O–H groups in total. The summed E-state index contributed by atoms with van der Waals surface area (Å²) in [6.45, 7) is 6.71. The Bertz CT molecular complexity index is 1030. The first-order valence-corrected chi connectivity index (χ1v) is 11.2. The number of carboxylic acid groups (broad SMARTS) is 1. The second-order valence-electron chi connectivity index (χ2n) is 7.76. The molecule has 3 rings (SSSR count). The van der Waals surface area contributed by atoms with Crippen LogP contribution in [0.2, 0.25) is 0 Å². The fourth-order valence-electron chi connectivity index (χ4n) is 3.80. The minimum atomic E-state index is -0.986. The number of aromatic nitrogens is 4. The topological polar surface area (TPSA) is 99.0 Å². The van der Waals surface area contributed by atoms with Gasteiger partial charge in [-0.2, -0.15) is 0 Å². The first-order chi connectivity index (χ1) is 15.5. The third-order valence-corrected chi connectivity index (χ3v) is 5.53. The number of anilines is 2. The van der Waals surface area contributed by atoms with Crippen LogP contribution in [0.25, 0.3) is 5.69 Å². The van der Waals surface area contributed by atoms with Gasteiger partial charge in [0.2, 0.25) is 0 Å². The fraction of sp³-hybridized carbons (Fsp3) is 0.391. The Kier molecular flexibility index (Phi) is 14.3. The van der Waals surface area contributed by atoms with Gasteiger partial charge >= 0.3 is 59.1 Å². The van der Waals surface area contributed by atoms with Gasteiger partial charge in [-0.15, -0.1) is 5.10 Å². The number of hydrogen-bond acceptors (Lipinski definition) is 8. The minimum absolute atomic E-state index is 0. The number of unbranched alkanes of at least 4 members (excludes halogenated alkanes) is 1. The van der Waals surface area contributed by atoms with Crippen molar-refractivity contribution >= 4 is 30.0 Å². The van der Waals surface area contributed by atoms with Gasteiger partial charge in [0.25, 0.3) is 0 Å². The van der Waals surface area contributed by atoms with Crippen LogP contribution in [0, 0.1) is 13.8 Å². The smallest absolute Gasteiger partial charge is 0.738 e. The monoisotopic (exact) mass is 498 g/mol.